The Morgan fingerprint density at radius 2 is 1.83 bits per heavy atom. The van der Waals surface area contributed by atoms with Gasteiger partial charge in [-0.25, -0.2) is 0 Å². The number of hydrogen-bond acceptors (Lipinski definition) is 5. The standard InChI is InChI=1S/C10H21BrNO5P/c1-10(13)12-7-4-2-3-5-8-16-18(14,15)17-9-6-11/h2-9H2,1H3,(H,12,13)(H,14,15)/p-1. The first-order chi connectivity index (χ1) is 8.48. The largest absolute Gasteiger partial charge is 0.756 e. The Bertz CT molecular complexity index is 277. The molecule has 6 nitrogen and oxygen atoms in total. The van der Waals surface area contributed by atoms with Crippen LogP contribution in [0.3, 0.4) is 0 Å². The van der Waals surface area contributed by atoms with Crippen LogP contribution in [0.4, 0.5) is 0 Å². The summed E-state index contributed by atoms with van der Waals surface area (Å²) in [5, 5.41) is 3.14. The summed E-state index contributed by atoms with van der Waals surface area (Å²) in [6.07, 6.45) is 3.33. The Morgan fingerprint density at radius 3 is 2.44 bits per heavy atom. The van der Waals surface area contributed by atoms with Crippen molar-refractivity contribution in [3.05, 3.63) is 0 Å². The van der Waals surface area contributed by atoms with Gasteiger partial charge in [0.25, 0.3) is 7.82 Å². The molecule has 0 radical (unpaired) electrons. The van der Waals surface area contributed by atoms with Crippen LogP contribution in [0.25, 0.3) is 0 Å². The first-order valence-electron chi connectivity index (χ1n) is 5.88. The van der Waals surface area contributed by atoms with Crippen LogP contribution in [0.5, 0.6) is 0 Å². The van der Waals surface area contributed by atoms with Crippen LogP contribution in [0.15, 0.2) is 0 Å². The van der Waals surface area contributed by atoms with Crippen LogP contribution in [-0.2, 0) is 18.4 Å². The molecular formula is C10H20BrNO5P-. The highest BCUT2D eigenvalue weighted by molar-refractivity contribution is 9.09. The zero-order chi connectivity index (χ0) is 13.9. The molecule has 0 heterocycles. The van der Waals surface area contributed by atoms with Gasteiger partial charge in [0, 0.05) is 18.8 Å². The van der Waals surface area contributed by atoms with E-state index in [1.807, 2.05) is 0 Å². The quantitative estimate of drug-likeness (QED) is 0.349. The van der Waals surface area contributed by atoms with Gasteiger partial charge in [-0.2, -0.15) is 0 Å². The number of carbonyl (C=O) groups is 1. The highest BCUT2D eigenvalue weighted by Crippen LogP contribution is 2.38. The fraction of sp³-hybridized carbons (Fsp3) is 0.900. The maximum absolute atomic E-state index is 11.1. The monoisotopic (exact) mass is 344 g/mol. The fourth-order valence-corrected chi connectivity index (χ4v) is 2.36. The zero-order valence-electron chi connectivity index (χ0n) is 10.5. The molecule has 1 unspecified atom stereocenters. The number of amides is 1. The molecule has 0 aliphatic rings. The summed E-state index contributed by atoms with van der Waals surface area (Å²) in [5.41, 5.74) is 0. The molecule has 0 saturated heterocycles. The van der Waals surface area contributed by atoms with Crippen molar-refractivity contribution in [3.8, 4) is 0 Å². The first kappa shape index (κ1) is 18.1. The molecule has 0 aliphatic heterocycles. The molecule has 1 amide bonds. The van der Waals surface area contributed by atoms with E-state index in [0.717, 1.165) is 19.3 Å². The molecule has 0 spiro atoms. The Balaban J connectivity index is 3.34. The summed E-state index contributed by atoms with van der Waals surface area (Å²) >= 11 is 3.06. The lowest BCUT2D eigenvalue weighted by Gasteiger charge is -2.22. The molecule has 1 N–H and O–H groups in total. The average molecular weight is 345 g/mol. The van der Waals surface area contributed by atoms with Crippen molar-refractivity contribution in [2.45, 2.75) is 32.6 Å². The van der Waals surface area contributed by atoms with Crippen molar-refractivity contribution in [1.29, 1.82) is 0 Å². The second-order valence-electron chi connectivity index (χ2n) is 3.70. The van der Waals surface area contributed by atoms with E-state index in [1.165, 1.54) is 6.92 Å². The predicted molar refractivity (Wildman–Crippen MR) is 70.5 cm³/mol. The molecule has 0 saturated carbocycles. The normalized spacial score (nSPS) is 14.2. The molecule has 108 valence electrons. The molecule has 18 heavy (non-hydrogen) atoms. The van der Waals surface area contributed by atoms with Gasteiger partial charge in [0.1, 0.15) is 0 Å². The lowest BCUT2D eigenvalue weighted by atomic mass is 10.2. The Kier molecular flexibility index (Phi) is 11.0. The minimum Gasteiger partial charge on any atom is -0.756 e. The number of nitrogens with one attached hydrogen (secondary N) is 1. The van der Waals surface area contributed by atoms with E-state index < -0.39 is 7.82 Å². The Labute approximate surface area is 116 Å². The zero-order valence-corrected chi connectivity index (χ0v) is 13.0. The van der Waals surface area contributed by atoms with Crippen LogP contribution >= 0.6 is 23.8 Å². The molecule has 0 fully saturated rings. The number of phosphoric ester groups is 1. The third kappa shape index (κ3) is 12.5. The molecule has 8 heteroatoms. The summed E-state index contributed by atoms with van der Waals surface area (Å²) in [6, 6.07) is 0. The third-order valence-corrected chi connectivity index (χ3v) is 3.34. The summed E-state index contributed by atoms with van der Waals surface area (Å²) < 4.78 is 20.3. The molecule has 0 aromatic heterocycles. The molecule has 0 aliphatic carbocycles. The summed E-state index contributed by atoms with van der Waals surface area (Å²) in [5.74, 6) is -0.0328. The number of carbonyl (C=O) groups excluding carboxylic acids is 1. The van der Waals surface area contributed by atoms with Gasteiger partial charge in [-0.1, -0.05) is 28.8 Å². The Morgan fingerprint density at radius 1 is 1.22 bits per heavy atom. The second kappa shape index (κ2) is 10.9. The van der Waals surface area contributed by atoms with E-state index in [4.69, 9.17) is 0 Å². The summed E-state index contributed by atoms with van der Waals surface area (Å²) in [7, 11) is -4.12. The molecule has 1 atom stereocenters. The van der Waals surface area contributed by atoms with Crippen LogP contribution in [-0.4, -0.2) is 31.0 Å². The number of rotatable bonds is 11. The molecule has 0 aromatic rings. The number of unbranched alkanes of at least 4 members (excludes halogenated alkanes) is 3. The van der Waals surface area contributed by atoms with Crippen molar-refractivity contribution in [2.75, 3.05) is 25.1 Å². The van der Waals surface area contributed by atoms with Gasteiger partial charge in [0.05, 0.1) is 13.2 Å². The molecule has 0 aromatic carbocycles. The first-order valence-corrected chi connectivity index (χ1v) is 8.46. The smallest absolute Gasteiger partial charge is 0.267 e. The minimum absolute atomic E-state index is 0.0328. The highest BCUT2D eigenvalue weighted by Gasteiger charge is 2.07. The van der Waals surface area contributed by atoms with E-state index in [2.05, 4.69) is 30.3 Å². The number of hydrogen-bond donors (Lipinski definition) is 1. The molecule has 0 bridgehead atoms. The van der Waals surface area contributed by atoms with Crippen molar-refractivity contribution in [1.82, 2.24) is 5.32 Å². The van der Waals surface area contributed by atoms with Crippen molar-refractivity contribution >= 4 is 29.7 Å². The van der Waals surface area contributed by atoms with Crippen LogP contribution in [0.2, 0.25) is 0 Å². The third-order valence-electron chi connectivity index (χ3n) is 2.02. The van der Waals surface area contributed by atoms with Crippen molar-refractivity contribution < 1.29 is 23.3 Å². The van der Waals surface area contributed by atoms with E-state index in [0.29, 0.717) is 18.3 Å². The van der Waals surface area contributed by atoms with Gasteiger partial charge in [0.15, 0.2) is 0 Å². The molecular weight excluding hydrogens is 325 g/mol. The highest BCUT2D eigenvalue weighted by atomic mass is 79.9. The van der Waals surface area contributed by atoms with Gasteiger partial charge in [-0.3, -0.25) is 9.36 Å². The van der Waals surface area contributed by atoms with Crippen LogP contribution in [0, 0.1) is 0 Å². The van der Waals surface area contributed by atoms with Gasteiger partial charge in [-0.15, -0.1) is 0 Å². The summed E-state index contributed by atoms with van der Waals surface area (Å²) in [4.78, 5) is 21.7. The minimum atomic E-state index is -4.12. The lowest BCUT2D eigenvalue weighted by Crippen LogP contribution is -2.20. The number of alkyl halides is 1. The van der Waals surface area contributed by atoms with Gasteiger partial charge < -0.3 is 19.3 Å². The lowest BCUT2D eigenvalue weighted by molar-refractivity contribution is -0.225. The summed E-state index contributed by atoms with van der Waals surface area (Å²) in [6.45, 7) is 2.36. The molecule has 0 rings (SSSR count). The van der Waals surface area contributed by atoms with E-state index in [9.17, 15) is 14.3 Å². The topological polar surface area (TPSA) is 87.7 Å². The SMILES string of the molecule is CC(=O)NCCCCCCOP(=O)([O-])OCCBr. The van der Waals surface area contributed by atoms with Crippen molar-refractivity contribution in [3.63, 3.8) is 0 Å². The van der Waals surface area contributed by atoms with Crippen LogP contribution < -0.4 is 10.2 Å². The van der Waals surface area contributed by atoms with Gasteiger partial charge in [-0.05, 0) is 12.8 Å². The van der Waals surface area contributed by atoms with E-state index in [1.54, 1.807) is 0 Å². The van der Waals surface area contributed by atoms with Gasteiger partial charge in [0.2, 0.25) is 5.91 Å². The second-order valence-corrected chi connectivity index (χ2v) is 5.90. The van der Waals surface area contributed by atoms with Crippen LogP contribution in [0.1, 0.15) is 32.6 Å². The maximum atomic E-state index is 11.1. The van der Waals surface area contributed by atoms with Gasteiger partial charge >= 0.3 is 0 Å². The predicted octanol–water partition coefficient (Wildman–Crippen LogP) is 1.58. The number of phosphoric acid groups is 1. The van der Waals surface area contributed by atoms with Crippen molar-refractivity contribution in [2.24, 2.45) is 0 Å². The maximum Gasteiger partial charge on any atom is 0.267 e. The fourth-order valence-electron chi connectivity index (χ4n) is 1.20. The number of halogens is 1. The Hall–Kier alpha value is 0.0600. The average Bonchev–Trinajstić information content (AvgIpc) is 2.29. The van der Waals surface area contributed by atoms with E-state index >= 15 is 0 Å². The van der Waals surface area contributed by atoms with E-state index in [-0.39, 0.29) is 19.1 Å².